The summed E-state index contributed by atoms with van der Waals surface area (Å²) in [5.41, 5.74) is 1.60. The molecule has 7 nitrogen and oxygen atoms in total. The molecule has 4 rings (SSSR count). The standard InChI is InChI=1S/C22H25F2N3O4S/c1-12-11-32-22(25-12)26-20(29)13(2)27-9-16(8-19(27)28)15-5-6-17(31-21(23)24)18(7-15)30-10-14-3-4-14/h5-7,11,13-14,16,21H,3-4,8-10H2,1-2H3,(H,25,26,29). The summed E-state index contributed by atoms with van der Waals surface area (Å²) in [7, 11) is 0. The van der Waals surface area contributed by atoms with Crippen molar-refractivity contribution in [2.75, 3.05) is 18.5 Å². The molecule has 1 aliphatic heterocycles. The fourth-order valence-corrected chi connectivity index (χ4v) is 4.36. The zero-order valence-electron chi connectivity index (χ0n) is 17.8. The second kappa shape index (κ2) is 9.40. The van der Waals surface area contributed by atoms with Crippen molar-refractivity contribution >= 4 is 28.3 Å². The fraction of sp³-hybridized carbons (Fsp3) is 0.500. The van der Waals surface area contributed by atoms with Gasteiger partial charge in [0, 0.05) is 24.3 Å². The zero-order valence-corrected chi connectivity index (χ0v) is 18.7. The van der Waals surface area contributed by atoms with Crippen LogP contribution in [0.5, 0.6) is 11.5 Å². The molecule has 2 aromatic rings. The largest absolute Gasteiger partial charge is 0.489 e. The number of alkyl halides is 2. The van der Waals surface area contributed by atoms with E-state index in [0.717, 1.165) is 24.1 Å². The maximum absolute atomic E-state index is 12.8. The van der Waals surface area contributed by atoms with Gasteiger partial charge in [0.25, 0.3) is 0 Å². The van der Waals surface area contributed by atoms with E-state index in [1.54, 1.807) is 19.1 Å². The van der Waals surface area contributed by atoms with Gasteiger partial charge in [-0.2, -0.15) is 8.78 Å². The van der Waals surface area contributed by atoms with Crippen molar-refractivity contribution in [2.24, 2.45) is 5.92 Å². The molecule has 2 heterocycles. The molecule has 2 aliphatic rings. The lowest BCUT2D eigenvalue weighted by Crippen LogP contribution is -2.42. The maximum atomic E-state index is 12.8. The summed E-state index contributed by atoms with van der Waals surface area (Å²) in [6, 6.07) is 4.14. The Balaban J connectivity index is 1.45. The Labute approximate surface area is 188 Å². The van der Waals surface area contributed by atoms with Crippen LogP contribution in [0, 0.1) is 12.8 Å². The summed E-state index contributed by atoms with van der Waals surface area (Å²) in [6.07, 6.45) is 2.36. The van der Waals surface area contributed by atoms with Gasteiger partial charge in [0.2, 0.25) is 11.8 Å². The van der Waals surface area contributed by atoms with E-state index in [4.69, 9.17) is 4.74 Å². The smallest absolute Gasteiger partial charge is 0.387 e. The van der Waals surface area contributed by atoms with Crippen molar-refractivity contribution in [1.82, 2.24) is 9.88 Å². The molecule has 2 atom stereocenters. The lowest BCUT2D eigenvalue weighted by atomic mass is 9.98. The maximum Gasteiger partial charge on any atom is 0.387 e. The van der Waals surface area contributed by atoms with Crippen molar-refractivity contribution in [3.63, 3.8) is 0 Å². The van der Waals surface area contributed by atoms with Crippen molar-refractivity contribution in [3.8, 4) is 11.5 Å². The Morgan fingerprint density at radius 2 is 2.12 bits per heavy atom. The van der Waals surface area contributed by atoms with Gasteiger partial charge >= 0.3 is 6.61 Å². The summed E-state index contributed by atoms with van der Waals surface area (Å²) in [5, 5.41) is 5.08. The number of halogens is 2. The van der Waals surface area contributed by atoms with E-state index >= 15 is 0 Å². The first-order valence-corrected chi connectivity index (χ1v) is 11.4. The minimum absolute atomic E-state index is 0.0166. The summed E-state index contributed by atoms with van der Waals surface area (Å²) >= 11 is 1.33. The molecule has 1 aromatic heterocycles. The molecule has 0 spiro atoms. The number of thiazole rings is 1. The number of aryl methyl sites for hydroxylation is 1. The van der Waals surface area contributed by atoms with Crippen molar-refractivity contribution < 1.29 is 27.8 Å². The quantitative estimate of drug-likeness (QED) is 0.601. The lowest BCUT2D eigenvalue weighted by Gasteiger charge is -2.23. The zero-order chi connectivity index (χ0) is 22.8. The topological polar surface area (TPSA) is 80.8 Å². The molecule has 2 unspecified atom stereocenters. The highest BCUT2D eigenvalue weighted by Gasteiger charge is 2.36. The molecule has 2 fully saturated rings. The molecular formula is C22H25F2N3O4S. The van der Waals surface area contributed by atoms with Gasteiger partial charge in [-0.3, -0.25) is 9.59 Å². The third-order valence-corrected chi connectivity index (χ3v) is 6.56. The molecule has 172 valence electrons. The van der Waals surface area contributed by atoms with Crippen LogP contribution in [0.15, 0.2) is 23.6 Å². The number of carbonyl (C=O) groups is 2. The summed E-state index contributed by atoms with van der Waals surface area (Å²) < 4.78 is 35.9. The SMILES string of the molecule is Cc1csc(NC(=O)C(C)N2CC(c3ccc(OC(F)F)c(OCC4CC4)c3)CC2=O)n1. The monoisotopic (exact) mass is 465 g/mol. The first-order chi connectivity index (χ1) is 15.3. The predicted octanol–water partition coefficient (Wildman–Crippen LogP) is 4.18. The van der Waals surface area contributed by atoms with Crippen LogP contribution < -0.4 is 14.8 Å². The minimum Gasteiger partial charge on any atom is -0.489 e. The highest BCUT2D eigenvalue weighted by molar-refractivity contribution is 7.13. The lowest BCUT2D eigenvalue weighted by molar-refractivity contribution is -0.134. The molecule has 1 saturated heterocycles. The van der Waals surface area contributed by atoms with Gasteiger partial charge in [0.05, 0.1) is 12.3 Å². The molecule has 1 saturated carbocycles. The molecule has 10 heteroatoms. The van der Waals surface area contributed by atoms with Crippen LogP contribution in [0.25, 0.3) is 0 Å². The molecule has 1 aliphatic carbocycles. The Hall–Kier alpha value is -2.75. The highest BCUT2D eigenvalue weighted by Crippen LogP contribution is 2.38. The number of benzene rings is 1. The van der Waals surface area contributed by atoms with E-state index in [0.29, 0.717) is 24.2 Å². The van der Waals surface area contributed by atoms with E-state index in [2.05, 4.69) is 15.0 Å². The minimum atomic E-state index is -2.95. The van der Waals surface area contributed by atoms with Crippen LogP contribution >= 0.6 is 11.3 Å². The van der Waals surface area contributed by atoms with Crippen LogP contribution in [-0.4, -0.2) is 47.5 Å². The van der Waals surface area contributed by atoms with E-state index in [-0.39, 0.29) is 35.7 Å². The van der Waals surface area contributed by atoms with Gasteiger partial charge in [-0.1, -0.05) is 6.07 Å². The van der Waals surface area contributed by atoms with Crippen molar-refractivity contribution in [1.29, 1.82) is 0 Å². The second-order valence-corrected chi connectivity index (χ2v) is 9.10. The normalized spacial score (nSPS) is 19.3. The summed E-state index contributed by atoms with van der Waals surface area (Å²) in [5.74, 6) is 0.0673. The number of aromatic nitrogens is 1. The Kier molecular flexibility index (Phi) is 6.59. The van der Waals surface area contributed by atoms with Crippen molar-refractivity contribution in [2.45, 2.75) is 51.7 Å². The summed E-state index contributed by atoms with van der Waals surface area (Å²) in [4.78, 5) is 31.0. The van der Waals surface area contributed by atoms with Crippen LogP contribution in [0.1, 0.15) is 43.4 Å². The van der Waals surface area contributed by atoms with Gasteiger partial charge < -0.3 is 19.7 Å². The number of ether oxygens (including phenoxy) is 2. The van der Waals surface area contributed by atoms with Crippen LogP contribution in [0.2, 0.25) is 0 Å². The first kappa shape index (κ1) is 22.4. The average Bonchev–Trinajstić information content (AvgIpc) is 3.37. The molecule has 2 amide bonds. The third kappa shape index (κ3) is 5.35. The van der Waals surface area contributed by atoms with Crippen molar-refractivity contribution in [3.05, 3.63) is 34.8 Å². The highest BCUT2D eigenvalue weighted by atomic mass is 32.1. The number of nitrogens with zero attached hydrogens (tertiary/aromatic N) is 2. The van der Waals surface area contributed by atoms with Gasteiger partial charge in [-0.25, -0.2) is 4.98 Å². The molecule has 32 heavy (non-hydrogen) atoms. The van der Waals surface area contributed by atoms with E-state index in [1.807, 2.05) is 12.3 Å². The predicted molar refractivity (Wildman–Crippen MR) is 115 cm³/mol. The number of amides is 2. The van der Waals surface area contributed by atoms with E-state index < -0.39 is 12.7 Å². The van der Waals surface area contributed by atoms with Gasteiger partial charge in [0.15, 0.2) is 16.6 Å². The second-order valence-electron chi connectivity index (χ2n) is 8.25. The Morgan fingerprint density at radius 1 is 1.34 bits per heavy atom. The van der Waals surface area contributed by atoms with Gasteiger partial charge in [-0.05, 0) is 50.3 Å². The first-order valence-electron chi connectivity index (χ1n) is 10.5. The Morgan fingerprint density at radius 3 is 2.78 bits per heavy atom. The molecule has 1 N–H and O–H groups in total. The summed E-state index contributed by atoms with van der Waals surface area (Å²) in [6.45, 7) is 1.37. The number of anilines is 1. The number of hydrogen-bond donors (Lipinski definition) is 1. The number of rotatable bonds is 9. The van der Waals surface area contributed by atoms with Crippen LogP contribution in [0.3, 0.4) is 0 Å². The number of hydrogen-bond acceptors (Lipinski definition) is 6. The molecule has 1 aromatic carbocycles. The van der Waals surface area contributed by atoms with Crippen LogP contribution in [-0.2, 0) is 9.59 Å². The number of likely N-dealkylation sites (tertiary alicyclic amines) is 1. The fourth-order valence-electron chi connectivity index (χ4n) is 3.67. The molecule has 0 bridgehead atoms. The molecular weight excluding hydrogens is 440 g/mol. The average molecular weight is 466 g/mol. The van der Waals surface area contributed by atoms with E-state index in [9.17, 15) is 18.4 Å². The number of nitrogens with one attached hydrogen (secondary N) is 1. The van der Waals surface area contributed by atoms with E-state index in [1.165, 1.54) is 22.3 Å². The molecule has 0 radical (unpaired) electrons. The Bertz CT molecular complexity index is 995. The number of carbonyl (C=O) groups excluding carboxylic acids is 2. The third-order valence-electron chi connectivity index (χ3n) is 5.68. The van der Waals surface area contributed by atoms with Crippen LogP contribution in [0.4, 0.5) is 13.9 Å². The van der Waals surface area contributed by atoms with Gasteiger partial charge in [-0.15, -0.1) is 11.3 Å². The van der Waals surface area contributed by atoms with Gasteiger partial charge in [0.1, 0.15) is 6.04 Å².